The number of rotatable bonds is 3. The lowest BCUT2D eigenvalue weighted by molar-refractivity contribution is 1.11. The van der Waals surface area contributed by atoms with Gasteiger partial charge in [-0.15, -0.1) is 10.2 Å². The second-order valence-electron chi connectivity index (χ2n) is 5.71. The van der Waals surface area contributed by atoms with E-state index in [-0.39, 0.29) is 0 Å². The first-order chi connectivity index (χ1) is 11.8. The van der Waals surface area contributed by atoms with Crippen molar-refractivity contribution in [2.75, 3.05) is 0 Å². The molecule has 2 heterocycles. The summed E-state index contributed by atoms with van der Waals surface area (Å²) in [5, 5.41) is 9.45. The maximum absolute atomic E-state index is 6.37. The van der Waals surface area contributed by atoms with Crippen LogP contribution in [-0.4, -0.2) is 14.6 Å². The Kier molecular flexibility index (Phi) is 3.79. The number of hydrogen-bond acceptors (Lipinski definition) is 2. The Morgan fingerprint density at radius 3 is 2.38 bits per heavy atom. The van der Waals surface area contributed by atoms with Gasteiger partial charge in [0, 0.05) is 17.3 Å². The van der Waals surface area contributed by atoms with Gasteiger partial charge in [-0.3, -0.25) is 4.40 Å². The topological polar surface area (TPSA) is 30.2 Å². The monoisotopic (exact) mass is 333 g/mol. The van der Waals surface area contributed by atoms with Gasteiger partial charge in [0.25, 0.3) is 0 Å². The van der Waals surface area contributed by atoms with Crippen molar-refractivity contribution in [3.8, 4) is 22.5 Å². The van der Waals surface area contributed by atoms with E-state index >= 15 is 0 Å². The SMILES string of the molecule is CCc1ccc(-c2cc(Cl)cn3c(-c4ccccc4)nnc23)cc1. The molecule has 2 aromatic heterocycles. The Balaban J connectivity index is 1.92. The van der Waals surface area contributed by atoms with Gasteiger partial charge >= 0.3 is 0 Å². The molecule has 0 unspecified atom stereocenters. The molecule has 4 rings (SSSR count). The van der Waals surface area contributed by atoms with Crippen LogP contribution in [0.2, 0.25) is 5.02 Å². The minimum Gasteiger partial charge on any atom is -0.280 e. The fraction of sp³-hybridized carbons (Fsp3) is 0.100. The number of hydrogen-bond donors (Lipinski definition) is 0. The highest BCUT2D eigenvalue weighted by atomic mass is 35.5. The highest BCUT2D eigenvalue weighted by Crippen LogP contribution is 2.30. The fourth-order valence-corrected chi connectivity index (χ4v) is 3.08. The van der Waals surface area contributed by atoms with Gasteiger partial charge in [0.2, 0.25) is 0 Å². The first-order valence-corrected chi connectivity index (χ1v) is 8.33. The zero-order valence-corrected chi connectivity index (χ0v) is 14.0. The van der Waals surface area contributed by atoms with Gasteiger partial charge < -0.3 is 0 Å². The molecule has 0 atom stereocenters. The molecule has 2 aromatic carbocycles. The number of aryl methyl sites for hydroxylation is 1. The summed E-state index contributed by atoms with van der Waals surface area (Å²) >= 11 is 6.37. The van der Waals surface area contributed by atoms with Gasteiger partial charge in [0.15, 0.2) is 11.5 Å². The molecule has 4 aromatic rings. The second-order valence-corrected chi connectivity index (χ2v) is 6.14. The van der Waals surface area contributed by atoms with Gasteiger partial charge in [-0.25, -0.2) is 0 Å². The van der Waals surface area contributed by atoms with E-state index in [4.69, 9.17) is 11.6 Å². The van der Waals surface area contributed by atoms with Crippen LogP contribution in [0.1, 0.15) is 12.5 Å². The van der Waals surface area contributed by atoms with Crippen molar-refractivity contribution < 1.29 is 0 Å². The van der Waals surface area contributed by atoms with E-state index in [2.05, 4.69) is 41.4 Å². The van der Waals surface area contributed by atoms with E-state index in [1.54, 1.807) is 0 Å². The van der Waals surface area contributed by atoms with E-state index in [1.165, 1.54) is 5.56 Å². The van der Waals surface area contributed by atoms with Gasteiger partial charge in [-0.1, -0.05) is 73.1 Å². The van der Waals surface area contributed by atoms with Crippen LogP contribution in [0.4, 0.5) is 0 Å². The molecule has 0 aliphatic heterocycles. The van der Waals surface area contributed by atoms with Crippen molar-refractivity contribution >= 4 is 17.2 Å². The largest absolute Gasteiger partial charge is 0.280 e. The number of nitrogens with zero attached hydrogens (tertiary/aromatic N) is 3. The van der Waals surface area contributed by atoms with Crippen LogP contribution < -0.4 is 0 Å². The molecule has 0 saturated heterocycles. The average molecular weight is 334 g/mol. The van der Waals surface area contributed by atoms with Crippen molar-refractivity contribution in [1.29, 1.82) is 0 Å². The number of pyridine rings is 1. The summed E-state index contributed by atoms with van der Waals surface area (Å²) in [7, 11) is 0. The standard InChI is InChI=1S/C20H16ClN3/c1-2-14-8-10-15(11-9-14)18-12-17(21)13-24-19(22-23-20(18)24)16-6-4-3-5-7-16/h3-13H,2H2,1H3. The summed E-state index contributed by atoms with van der Waals surface area (Å²) < 4.78 is 1.96. The molecule has 0 saturated carbocycles. The van der Waals surface area contributed by atoms with E-state index in [0.717, 1.165) is 34.6 Å². The maximum atomic E-state index is 6.37. The van der Waals surface area contributed by atoms with Crippen LogP contribution >= 0.6 is 11.6 Å². The van der Waals surface area contributed by atoms with Crippen LogP contribution in [0, 0.1) is 0 Å². The van der Waals surface area contributed by atoms with Crippen molar-refractivity contribution in [2.45, 2.75) is 13.3 Å². The minimum atomic E-state index is 0.661. The summed E-state index contributed by atoms with van der Waals surface area (Å²) in [6.07, 6.45) is 2.89. The Morgan fingerprint density at radius 2 is 1.67 bits per heavy atom. The molecule has 0 amide bonds. The van der Waals surface area contributed by atoms with E-state index in [0.29, 0.717) is 5.02 Å². The molecular weight excluding hydrogens is 318 g/mol. The Morgan fingerprint density at radius 1 is 0.917 bits per heavy atom. The van der Waals surface area contributed by atoms with Crippen LogP contribution in [0.3, 0.4) is 0 Å². The molecule has 0 radical (unpaired) electrons. The Bertz CT molecular complexity index is 989. The van der Waals surface area contributed by atoms with Crippen molar-refractivity contribution in [1.82, 2.24) is 14.6 Å². The summed E-state index contributed by atoms with van der Waals surface area (Å²) in [5.74, 6) is 0.791. The van der Waals surface area contributed by atoms with Crippen LogP contribution in [-0.2, 0) is 6.42 Å². The summed E-state index contributed by atoms with van der Waals surface area (Å²) in [4.78, 5) is 0. The van der Waals surface area contributed by atoms with Crippen molar-refractivity contribution in [2.24, 2.45) is 0 Å². The third kappa shape index (κ3) is 2.57. The van der Waals surface area contributed by atoms with Crippen LogP contribution in [0.25, 0.3) is 28.2 Å². The van der Waals surface area contributed by atoms with Crippen molar-refractivity contribution in [3.63, 3.8) is 0 Å². The van der Waals surface area contributed by atoms with Gasteiger partial charge in [-0.2, -0.15) is 0 Å². The zero-order valence-electron chi connectivity index (χ0n) is 13.3. The molecule has 3 nitrogen and oxygen atoms in total. The first-order valence-electron chi connectivity index (χ1n) is 7.95. The highest BCUT2D eigenvalue weighted by Gasteiger charge is 2.13. The quantitative estimate of drug-likeness (QED) is 0.510. The number of aromatic nitrogens is 3. The number of benzene rings is 2. The van der Waals surface area contributed by atoms with E-state index in [9.17, 15) is 0 Å². The van der Waals surface area contributed by atoms with E-state index in [1.807, 2.05) is 47.0 Å². The molecule has 0 fully saturated rings. The normalized spacial score (nSPS) is 11.1. The molecule has 4 heteroatoms. The summed E-state index contributed by atoms with van der Waals surface area (Å²) in [6.45, 7) is 2.15. The third-order valence-corrected chi connectivity index (χ3v) is 4.38. The van der Waals surface area contributed by atoms with Gasteiger partial charge in [-0.05, 0) is 23.6 Å². The highest BCUT2D eigenvalue weighted by molar-refractivity contribution is 6.31. The number of fused-ring (bicyclic) bond motifs is 1. The molecule has 0 aliphatic rings. The van der Waals surface area contributed by atoms with Crippen LogP contribution in [0.5, 0.6) is 0 Å². The van der Waals surface area contributed by atoms with Gasteiger partial charge in [0.05, 0.1) is 5.02 Å². The van der Waals surface area contributed by atoms with Crippen LogP contribution in [0.15, 0.2) is 66.9 Å². The molecule has 0 spiro atoms. The smallest absolute Gasteiger partial charge is 0.169 e. The lowest BCUT2D eigenvalue weighted by Crippen LogP contribution is -1.92. The maximum Gasteiger partial charge on any atom is 0.169 e. The van der Waals surface area contributed by atoms with E-state index < -0.39 is 0 Å². The third-order valence-electron chi connectivity index (χ3n) is 4.18. The molecule has 118 valence electrons. The minimum absolute atomic E-state index is 0.661. The molecule has 0 N–H and O–H groups in total. The zero-order chi connectivity index (χ0) is 16.5. The molecule has 0 bridgehead atoms. The predicted molar refractivity (Wildman–Crippen MR) is 98.2 cm³/mol. The Hall–Kier alpha value is -2.65. The second kappa shape index (κ2) is 6.10. The lowest BCUT2D eigenvalue weighted by atomic mass is 10.0. The van der Waals surface area contributed by atoms with Crippen molar-refractivity contribution in [3.05, 3.63) is 77.4 Å². The molecule has 0 aliphatic carbocycles. The fourth-order valence-electron chi connectivity index (χ4n) is 2.88. The van der Waals surface area contributed by atoms with Gasteiger partial charge in [0.1, 0.15) is 0 Å². The molecule has 24 heavy (non-hydrogen) atoms. The summed E-state index contributed by atoms with van der Waals surface area (Å²) in [5.41, 5.74) is 5.21. The number of halogens is 1. The lowest BCUT2D eigenvalue weighted by Gasteiger charge is -2.07. The summed E-state index contributed by atoms with van der Waals surface area (Å²) in [6, 6.07) is 20.5. The first kappa shape index (κ1) is 14.9. The Labute approximate surface area is 145 Å². The average Bonchev–Trinajstić information content (AvgIpc) is 3.05. The molecular formula is C20H16ClN3. The predicted octanol–water partition coefficient (Wildman–Crippen LogP) is 5.28.